The van der Waals surface area contributed by atoms with Crippen LogP contribution in [-0.4, -0.2) is 33.2 Å². The van der Waals surface area contributed by atoms with Crippen LogP contribution in [0.3, 0.4) is 0 Å². The molecule has 0 aromatic heterocycles. The third-order valence-corrected chi connectivity index (χ3v) is 4.07. The minimum Gasteiger partial charge on any atom is -0.497 e. The molecule has 0 aliphatic carbocycles. The molecule has 134 valence electrons. The first-order valence-electron chi connectivity index (χ1n) is 7.64. The second-order valence-corrected chi connectivity index (χ2v) is 5.70. The predicted molar refractivity (Wildman–Crippen MR) is 98.2 cm³/mol. The van der Waals surface area contributed by atoms with E-state index in [0.717, 1.165) is 0 Å². The number of carbonyl (C=O) groups excluding carboxylic acids is 1. The predicted octanol–water partition coefficient (Wildman–Crippen LogP) is 3.71. The number of benzene rings is 2. The molecular formula is C19H16ClNO5. The fourth-order valence-corrected chi connectivity index (χ4v) is 2.67. The molecule has 2 aromatic rings. The quantitative estimate of drug-likeness (QED) is 0.590. The molecule has 1 heterocycles. The van der Waals surface area contributed by atoms with Gasteiger partial charge in [0.1, 0.15) is 17.2 Å². The highest BCUT2D eigenvalue weighted by Gasteiger charge is 2.26. The smallest absolute Gasteiger partial charge is 0.363 e. The lowest BCUT2D eigenvalue weighted by Gasteiger charge is -2.07. The van der Waals surface area contributed by atoms with Crippen LogP contribution in [0.25, 0.3) is 6.08 Å². The van der Waals surface area contributed by atoms with Crippen molar-refractivity contribution in [2.45, 2.75) is 0 Å². The summed E-state index contributed by atoms with van der Waals surface area (Å²) >= 11 is 6.22. The summed E-state index contributed by atoms with van der Waals surface area (Å²) in [5.41, 5.74) is 1.28. The van der Waals surface area contributed by atoms with Crippen molar-refractivity contribution in [3.8, 4) is 17.2 Å². The van der Waals surface area contributed by atoms with Crippen LogP contribution in [0.4, 0.5) is 0 Å². The first-order valence-corrected chi connectivity index (χ1v) is 8.02. The van der Waals surface area contributed by atoms with E-state index < -0.39 is 5.97 Å². The van der Waals surface area contributed by atoms with Gasteiger partial charge in [-0.3, -0.25) is 0 Å². The van der Waals surface area contributed by atoms with Crippen LogP contribution in [-0.2, 0) is 9.53 Å². The molecule has 0 fully saturated rings. The summed E-state index contributed by atoms with van der Waals surface area (Å²) in [7, 11) is 4.65. The van der Waals surface area contributed by atoms with Crippen molar-refractivity contribution in [3.63, 3.8) is 0 Å². The Morgan fingerprint density at radius 1 is 1.00 bits per heavy atom. The van der Waals surface area contributed by atoms with E-state index in [1.807, 2.05) is 0 Å². The topological polar surface area (TPSA) is 66.3 Å². The van der Waals surface area contributed by atoms with E-state index in [0.29, 0.717) is 33.4 Å². The van der Waals surface area contributed by atoms with E-state index >= 15 is 0 Å². The molecule has 0 bridgehead atoms. The Bertz CT molecular complexity index is 920. The molecule has 6 nitrogen and oxygen atoms in total. The molecule has 0 N–H and O–H groups in total. The molecule has 1 aliphatic rings. The molecule has 0 spiro atoms. The maximum absolute atomic E-state index is 12.2. The second-order valence-electron chi connectivity index (χ2n) is 5.29. The highest BCUT2D eigenvalue weighted by Crippen LogP contribution is 2.30. The van der Waals surface area contributed by atoms with Crippen LogP contribution in [0.1, 0.15) is 11.1 Å². The molecule has 26 heavy (non-hydrogen) atoms. The summed E-state index contributed by atoms with van der Waals surface area (Å²) in [5, 5.41) is 0.371. The van der Waals surface area contributed by atoms with Crippen LogP contribution < -0.4 is 14.2 Å². The van der Waals surface area contributed by atoms with Crippen molar-refractivity contribution in [1.82, 2.24) is 0 Å². The summed E-state index contributed by atoms with van der Waals surface area (Å²) in [4.78, 5) is 16.5. The van der Waals surface area contributed by atoms with Crippen LogP contribution in [0.15, 0.2) is 47.1 Å². The lowest BCUT2D eigenvalue weighted by Crippen LogP contribution is -2.06. The Labute approximate surface area is 155 Å². The minimum absolute atomic E-state index is 0.135. The SMILES string of the molecule is COc1ccc(C2=N/C(=C\c3cc(OC)ccc3OC)C(=O)O2)c(Cl)c1. The number of hydrogen-bond acceptors (Lipinski definition) is 6. The van der Waals surface area contributed by atoms with Gasteiger partial charge in [0.05, 0.1) is 31.9 Å². The van der Waals surface area contributed by atoms with Crippen LogP contribution in [0, 0.1) is 0 Å². The normalized spacial score (nSPS) is 14.8. The van der Waals surface area contributed by atoms with Crippen molar-refractivity contribution < 1.29 is 23.7 Å². The highest BCUT2D eigenvalue weighted by atomic mass is 35.5. The van der Waals surface area contributed by atoms with E-state index in [9.17, 15) is 4.79 Å². The van der Waals surface area contributed by atoms with Gasteiger partial charge in [0.15, 0.2) is 5.70 Å². The average Bonchev–Trinajstić information content (AvgIpc) is 3.01. The fourth-order valence-electron chi connectivity index (χ4n) is 2.42. The summed E-state index contributed by atoms with van der Waals surface area (Å²) in [6, 6.07) is 10.3. The zero-order chi connectivity index (χ0) is 18.7. The first kappa shape index (κ1) is 17.8. The van der Waals surface area contributed by atoms with Crippen molar-refractivity contribution in [3.05, 3.63) is 58.2 Å². The standard InChI is InChI=1S/C19H16ClNO5/c1-23-12-5-7-17(25-3)11(8-12)9-16-19(22)26-18(21-16)14-6-4-13(24-2)10-15(14)20/h4-10H,1-3H3/b16-9-. The van der Waals surface area contributed by atoms with Gasteiger partial charge in [-0.2, -0.15) is 0 Å². The number of rotatable bonds is 5. The molecule has 1 aliphatic heterocycles. The van der Waals surface area contributed by atoms with E-state index in [1.54, 1.807) is 63.8 Å². The van der Waals surface area contributed by atoms with Crippen LogP contribution in [0.5, 0.6) is 17.2 Å². The van der Waals surface area contributed by atoms with Crippen molar-refractivity contribution in [2.75, 3.05) is 21.3 Å². The number of ether oxygens (including phenoxy) is 4. The Morgan fingerprint density at radius 2 is 1.69 bits per heavy atom. The van der Waals surface area contributed by atoms with Gasteiger partial charge >= 0.3 is 5.97 Å². The highest BCUT2D eigenvalue weighted by molar-refractivity contribution is 6.34. The summed E-state index contributed by atoms with van der Waals surface area (Å²) < 4.78 is 20.9. The lowest BCUT2D eigenvalue weighted by molar-refractivity contribution is -0.129. The van der Waals surface area contributed by atoms with E-state index in [2.05, 4.69) is 4.99 Å². The number of carbonyl (C=O) groups is 1. The molecule has 0 atom stereocenters. The maximum Gasteiger partial charge on any atom is 0.363 e. The minimum atomic E-state index is -0.572. The van der Waals surface area contributed by atoms with Crippen LogP contribution in [0.2, 0.25) is 5.02 Å². The molecule has 7 heteroatoms. The lowest BCUT2D eigenvalue weighted by atomic mass is 10.1. The zero-order valence-electron chi connectivity index (χ0n) is 14.4. The Balaban J connectivity index is 1.99. The number of halogens is 1. The Hall–Kier alpha value is -2.99. The molecule has 2 aromatic carbocycles. The third-order valence-electron chi connectivity index (χ3n) is 3.76. The van der Waals surface area contributed by atoms with Gasteiger partial charge < -0.3 is 18.9 Å². The van der Waals surface area contributed by atoms with Gasteiger partial charge in [-0.25, -0.2) is 9.79 Å². The zero-order valence-corrected chi connectivity index (χ0v) is 15.2. The van der Waals surface area contributed by atoms with Gasteiger partial charge in [0.2, 0.25) is 5.90 Å². The summed E-state index contributed by atoms with van der Waals surface area (Å²) in [5.74, 6) is 1.37. The molecule has 0 saturated carbocycles. The van der Waals surface area contributed by atoms with Gasteiger partial charge in [-0.05, 0) is 42.5 Å². The van der Waals surface area contributed by atoms with Gasteiger partial charge in [0.25, 0.3) is 0 Å². The first-order chi connectivity index (χ1) is 12.5. The number of cyclic esters (lactones) is 1. The van der Waals surface area contributed by atoms with E-state index in [1.165, 1.54) is 0 Å². The van der Waals surface area contributed by atoms with Crippen molar-refractivity contribution in [1.29, 1.82) is 0 Å². The van der Waals surface area contributed by atoms with Gasteiger partial charge in [0, 0.05) is 5.56 Å². The van der Waals surface area contributed by atoms with Crippen LogP contribution >= 0.6 is 11.6 Å². The second kappa shape index (κ2) is 7.49. The molecule has 0 radical (unpaired) electrons. The van der Waals surface area contributed by atoms with Crippen molar-refractivity contribution >= 4 is 29.5 Å². The molecular weight excluding hydrogens is 358 g/mol. The fraction of sp³-hybridized carbons (Fsp3) is 0.158. The number of nitrogens with zero attached hydrogens (tertiary/aromatic N) is 1. The Kier molecular flexibility index (Phi) is 5.14. The Morgan fingerprint density at radius 3 is 2.35 bits per heavy atom. The number of hydrogen-bond donors (Lipinski definition) is 0. The van der Waals surface area contributed by atoms with Gasteiger partial charge in [-0.1, -0.05) is 11.6 Å². The number of methoxy groups -OCH3 is 3. The average molecular weight is 374 g/mol. The van der Waals surface area contributed by atoms with E-state index in [4.69, 9.17) is 30.5 Å². The largest absolute Gasteiger partial charge is 0.497 e. The van der Waals surface area contributed by atoms with Crippen molar-refractivity contribution in [2.24, 2.45) is 4.99 Å². The summed E-state index contributed by atoms with van der Waals surface area (Å²) in [6.07, 6.45) is 1.58. The molecule has 0 saturated heterocycles. The monoisotopic (exact) mass is 373 g/mol. The maximum atomic E-state index is 12.2. The molecule has 0 amide bonds. The molecule has 3 rings (SSSR count). The van der Waals surface area contributed by atoms with Gasteiger partial charge in [-0.15, -0.1) is 0 Å². The number of esters is 1. The number of aliphatic imine (C=N–C) groups is 1. The summed E-state index contributed by atoms with van der Waals surface area (Å²) in [6.45, 7) is 0. The molecule has 0 unspecified atom stereocenters. The third kappa shape index (κ3) is 3.50. The van der Waals surface area contributed by atoms with E-state index in [-0.39, 0.29) is 11.6 Å².